The highest BCUT2D eigenvalue weighted by molar-refractivity contribution is 9.10. The van der Waals surface area contributed by atoms with E-state index in [0.717, 1.165) is 11.1 Å². The fraction of sp³-hybridized carbons (Fsp3) is 0.0870. The number of esters is 1. The van der Waals surface area contributed by atoms with Gasteiger partial charge in [0.25, 0.3) is 0 Å². The van der Waals surface area contributed by atoms with Crippen molar-refractivity contribution in [2.75, 3.05) is 0 Å². The van der Waals surface area contributed by atoms with Crippen LogP contribution in [0.3, 0.4) is 0 Å². The van der Waals surface area contributed by atoms with Crippen LogP contribution in [0.4, 0.5) is 0 Å². The number of benzene rings is 2. The molecule has 0 saturated carbocycles. The molecule has 0 radical (unpaired) electrons. The largest absolute Gasteiger partial charge is 0.452 e. The molecule has 0 N–H and O–H groups in total. The van der Waals surface area contributed by atoms with Gasteiger partial charge in [0.15, 0.2) is 5.76 Å². The Morgan fingerprint density at radius 2 is 1.90 bits per heavy atom. The second kappa shape index (κ2) is 8.05. The number of pyridine rings is 1. The second-order valence-electron chi connectivity index (χ2n) is 6.81. The maximum Gasteiger partial charge on any atom is 0.345 e. The molecule has 0 aliphatic heterocycles. The molecule has 0 fully saturated rings. The first-order chi connectivity index (χ1) is 14.3. The van der Waals surface area contributed by atoms with Crippen LogP contribution in [0.5, 0.6) is 5.75 Å². The molecule has 0 amide bonds. The predicted molar refractivity (Wildman–Crippen MR) is 119 cm³/mol. The number of aryl methyl sites for hydroxylation is 2. The van der Waals surface area contributed by atoms with Crippen molar-refractivity contribution >= 4 is 44.5 Å². The van der Waals surface area contributed by atoms with Gasteiger partial charge in [-0.25, -0.2) is 4.79 Å². The van der Waals surface area contributed by atoms with Gasteiger partial charge < -0.3 is 9.15 Å². The van der Waals surface area contributed by atoms with Crippen LogP contribution in [0, 0.1) is 13.8 Å². The molecule has 2 aromatic carbocycles. The highest BCUT2D eigenvalue weighted by atomic mass is 79.9. The summed E-state index contributed by atoms with van der Waals surface area (Å²) in [7, 11) is 0. The molecule has 0 atom stereocenters. The van der Waals surface area contributed by atoms with E-state index in [1.807, 2.05) is 19.9 Å². The Bertz CT molecular complexity index is 1360. The summed E-state index contributed by atoms with van der Waals surface area (Å²) in [5.41, 5.74) is 2.30. The summed E-state index contributed by atoms with van der Waals surface area (Å²) >= 11 is 9.63. The molecular weight excluding hydrogens is 470 g/mol. The molecule has 2 aromatic heterocycles. The van der Waals surface area contributed by atoms with Gasteiger partial charge in [-0.2, -0.15) is 0 Å². The maximum atomic E-state index is 13.4. The third kappa shape index (κ3) is 3.76. The average molecular weight is 485 g/mol. The van der Waals surface area contributed by atoms with Gasteiger partial charge >= 0.3 is 5.97 Å². The van der Waals surface area contributed by atoms with E-state index in [-0.39, 0.29) is 17.1 Å². The Kier molecular flexibility index (Phi) is 5.45. The smallest absolute Gasteiger partial charge is 0.345 e. The SMILES string of the molecule is Cc1cc(C)c2oc(-c3ccccc3Cl)c(OC(=O)c3cncc(Br)c3)c(=O)c2c1. The van der Waals surface area contributed by atoms with E-state index in [0.29, 0.717) is 26.0 Å². The molecule has 0 unspecified atom stereocenters. The van der Waals surface area contributed by atoms with Crippen molar-refractivity contribution in [3.8, 4) is 17.1 Å². The molecule has 0 aliphatic carbocycles. The van der Waals surface area contributed by atoms with Crippen LogP contribution < -0.4 is 10.2 Å². The van der Waals surface area contributed by atoms with Crippen molar-refractivity contribution in [1.82, 2.24) is 4.98 Å². The first-order valence-electron chi connectivity index (χ1n) is 9.01. The highest BCUT2D eigenvalue weighted by Gasteiger charge is 2.23. The summed E-state index contributed by atoms with van der Waals surface area (Å²) in [5.74, 6) is -0.847. The van der Waals surface area contributed by atoms with Crippen LogP contribution in [0.25, 0.3) is 22.3 Å². The van der Waals surface area contributed by atoms with E-state index in [1.165, 1.54) is 6.20 Å². The zero-order valence-corrected chi connectivity index (χ0v) is 18.4. The Labute approximate surface area is 185 Å². The molecule has 0 saturated heterocycles. The first kappa shape index (κ1) is 20.3. The number of carbonyl (C=O) groups excluding carboxylic acids is 1. The molecule has 0 bridgehead atoms. The fourth-order valence-corrected chi connectivity index (χ4v) is 3.81. The molecule has 0 aliphatic rings. The molecule has 5 nitrogen and oxygen atoms in total. The summed E-state index contributed by atoms with van der Waals surface area (Å²) < 4.78 is 12.3. The fourth-order valence-electron chi connectivity index (χ4n) is 3.22. The van der Waals surface area contributed by atoms with E-state index in [2.05, 4.69) is 20.9 Å². The topological polar surface area (TPSA) is 69.4 Å². The second-order valence-corrected chi connectivity index (χ2v) is 8.13. The summed E-state index contributed by atoms with van der Waals surface area (Å²) in [6.45, 7) is 3.74. The van der Waals surface area contributed by atoms with Gasteiger partial charge in [-0.15, -0.1) is 0 Å². The van der Waals surface area contributed by atoms with Crippen molar-refractivity contribution in [3.63, 3.8) is 0 Å². The number of ether oxygens (including phenoxy) is 1. The lowest BCUT2D eigenvalue weighted by Crippen LogP contribution is -2.17. The number of hydrogen-bond acceptors (Lipinski definition) is 5. The minimum absolute atomic E-state index is 0.0985. The summed E-state index contributed by atoms with van der Waals surface area (Å²) in [6, 6.07) is 12.1. The molecule has 4 aromatic rings. The Morgan fingerprint density at radius 1 is 1.13 bits per heavy atom. The number of carbonyl (C=O) groups is 1. The van der Waals surface area contributed by atoms with E-state index in [1.54, 1.807) is 42.6 Å². The van der Waals surface area contributed by atoms with Crippen molar-refractivity contribution in [2.45, 2.75) is 13.8 Å². The van der Waals surface area contributed by atoms with E-state index in [4.69, 9.17) is 20.8 Å². The Hall–Kier alpha value is -2.96. The van der Waals surface area contributed by atoms with Crippen LogP contribution in [0.1, 0.15) is 21.5 Å². The predicted octanol–water partition coefficient (Wildman–Crippen LogP) is 6.11. The van der Waals surface area contributed by atoms with Crippen molar-refractivity contribution in [3.05, 3.63) is 91.3 Å². The minimum atomic E-state index is -0.729. The van der Waals surface area contributed by atoms with Gasteiger partial charge in [-0.05, 0) is 65.2 Å². The van der Waals surface area contributed by atoms with Crippen molar-refractivity contribution in [2.24, 2.45) is 0 Å². The number of nitrogens with zero attached hydrogens (tertiary/aromatic N) is 1. The lowest BCUT2D eigenvalue weighted by atomic mass is 10.1. The Balaban J connectivity index is 1.97. The first-order valence-corrected chi connectivity index (χ1v) is 10.2. The van der Waals surface area contributed by atoms with Gasteiger partial charge in [0.1, 0.15) is 5.58 Å². The number of halogens is 2. The lowest BCUT2D eigenvalue weighted by Gasteiger charge is -2.13. The third-order valence-electron chi connectivity index (χ3n) is 4.53. The van der Waals surface area contributed by atoms with Crippen LogP contribution in [-0.2, 0) is 0 Å². The number of rotatable bonds is 3. The summed E-state index contributed by atoms with van der Waals surface area (Å²) in [5, 5.41) is 0.699. The zero-order valence-electron chi connectivity index (χ0n) is 16.0. The third-order valence-corrected chi connectivity index (χ3v) is 5.30. The molecule has 4 rings (SSSR count). The van der Waals surface area contributed by atoms with Crippen LogP contribution in [0.2, 0.25) is 5.02 Å². The van der Waals surface area contributed by atoms with Crippen molar-refractivity contribution < 1.29 is 13.9 Å². The number of fused-ring (bicyclic) bond motifs is 1. The van der Waals surface area contributed by atoms with Gasteiger partial charge in [-0.3, -0.25) is 9.78 Å². The molecule has 2 heterocycles. The highest BCUT2D eigenvalue weighted by Crippen LogP contribution is 2.36. The van der Waals surface area contributed by atoms with Gasteiger partial charge in [0.05, 0.1) is 16.0 Å². The van der Waals surface area contributed by atoms with Gasteiger partial charge in [-0.1, -0.05) is 29.8 Å². The number of hydrogen-bond donors (Lipinski definition) is 0. The molecule has 7 heteroatoms. The molecule has 0 spiro atoms. The number of aromatic nitrogens is 1. The van der Waals surface area contributed by atoms with E-state index in [9.17, 15) is 9.59 Å². The standard InChI is InChI=1S/C23H15BrClNO4/c1-12-7-13(2)20-17(8-12)19(27)22(21(29-20)16-5-3-4-6-18(16)25)30-23(28)14-9-15(24)11-26-10-14/h3-11H,1-2H3. The Morgan fingerprint density at radius 3 is 2.63 bits per heavy atom. The summed E-state index contributed by atoms with van der Waals surface area (Å²) in [6.07, 6.45) is 2.90. The van der Waals surface area contributed by atoms with Crippen LogP contribution >= 0.6 is 27.5 Å². The van der Waals surface area contributed by atoms with Crippen molar-refractivity contribution in [1.29, 1.82) is 0 Å². The maximum absolute atomic E-state index is 13.4. The monoisotopic (exact) mass is 483 g/mol. The van der Waals surface area contributed by atoms with E-state index >= 15 is 0 Å². The van der Waals surface area contributed by atoms with E-state index < -0.39 is 11.4 Å². The molecular formula is C23H15BrClNO4. The van der Waals surface area contributed by atoms with Crippen LogP contribution in [0.15, 0.2) is 68.5 Å². The molecule has 30 heavy (non-hydrogen) atoms. The van der Waals surface area contributed by atoms with Crippen LogP contribution in [-0.4, -0.2) is 11.0 Å². The average Bonchev–Trinajstić information content (AvgIpc) is 2.71. The van der Waals surface area contributed by atoms with Gasteiger partial charge in [0.2, 0.25) is 11.2 Å². The minimum Gasteiger partial charge on any atom is -0.452 e. The normalized spacial score (nSPS) is 10.9. The summed E-state index contributed by atoms with van der Waals surface area (Å²) in [4.78, 5) is 30.1. The van der Waals surface area contributed by atoms with Gasteiger partial charge in [0, 0.05) is 22.4 Å². The quantitative estimate of drug-likeness (QED) is 0.328. The zero-order chi connectivity index (χ0) is 21.4. The molecule has 150 valence electrons. The lowest BCUT2D eigenvalue weighted by molar-refractivity contribution is 0.0731.